The maximum absolute atomic E-state index is 12.8. The van der Waals surface area contributed by atoms with Gasteiger partial charge in [-0.25, -0.2) is 8.42 Å². The van der Waals surface area contributed by atoms with Gasteiger partial charge in [0, 0.05) is 24.0 Å². The van der Waals surface area contributed by atoms with Gasteiger partial charge in [0.25, 0.3) is 15.9 Å². The van der Waals surface area contributed by atoms with Gasteiger partial charge in [-0.05, 0) is 67.4 Å². The number of amides is 1. The molecule has 5 nitrogen and oxygen atoms in total. The molecule has 0 aliphatic carbocycles. The van der Waals surface area contributed by atoms with Gasteiger partial charge >= 0.3 is 0 Å². The zero-order valence-corrected chi connectivity index (χ0v) is 16.8. The smallest absolute Gasteiger partial charge is 0.261 e. The number of nitrogens with zero attached hydrogens (tertiary/aromatic N) is 1. The minimum absolute atomic E-state index is 0.0407. The molecule has 0 heterocycles. The Morgan fingerprint density at radius 2 is 1.50 bits per heavy atom. The van der Waals surface area contributed by atoms with Crippen molar-refractivity contribution in [1.82, 2.24) is 0 Å². The molecule has 0 aliphatic rings. The molecule has 0 unspecified atom stereocenters. The van der Waals surface area contributed by atoms with Crippen molar-refractivity contribution >= 4 is 27.3 Å². The highest BCUT2D eigenvalue weighted by Crippen LogP contribution is 2.21. The molecule has 3 rings (SSSR count). The molecule has 1 amide bonds. The molecule has 0 aliphatic heterocycles. The Balaban J connectivity index is 1.88. The summed E-state index contributed by atoms with van der Waals surface area (Å²) in [5.74, 6) is -0.283. The number of carbonyl (C=O) groups excluding carboxylic acids is 1. The van der Waals surface area contributed by atoms with Gasteiger partial charge in [-0.1, -0.05) is 30.3 Å². The fraction of sp³-hybridized carbons (Fsp3) is 0.136. The molecule has 3 aromatic carbocycles. The monoisotopic (exact) mass is 394 g/mol. The molecule has 0 saturated heterocycles. The van der Waals surface area contributed by atoms with Crippen LogP contribution in [0.2, 0.25) is 0 Å². The third-order valence-electron chi connectivity index (χ3n) is 4.31. The zero-order valence-electron chi connectivity index (χ0n) is 16.0. The van der Waals surface area contributed by atoms with Crippen LogP contribution in [0.5, 0.6) is 0 Å². The van der Waals surface area contributed by atoms with E-state index in [-0.39, 0.29) is 10.8 Å². The minimum Gasteiger partial charge on any atom is -0.311 e. The first-order valence-corrected chi connectivity index (χ1v) is 10.3. The second-order valence-corrected chi connectivity index (χ2v) is 8.39. The van der Waals surface area contributed by atoms with Crippen molar-refractivity contribution < 1.29 is 13.2 Å². The minimum atomic E-state index is -3.81. The van der Waals surface area contributed by atoms with E-state index in [0.29, 0.717) is 11.3 Å². The summed E-state index contributed by atoms with van der Waals surface area (Å²) >= 11 is 0. The number of carbonyl (C=O) groups is 1. The van der Waals surface area contributed by atoms with Gasteiger partial charge in [0.15, 0.2) is 0 Å². The Kier molecular flexibility index (Phi) is 5.51. The molecule has 0 fully saturated rings. The van der Waals surface area contributed by atoms with Crippen LogP contribution < -0.4 is 9.62 Å². The van der Waals surface area contributed by atoms with E-state index in [9.17, 15) is 13.2 Å². The Morgan fingerprint density at radius 1 is 0.857 bits per heavy atom. The topological polar surface area (TPSA) is 66.5 Å². The number of nitrogens with one attached hydrogen (secondary N) is 1. The molecule has 28 heavy (non-hydrogen) atoms. The zero-order chi connectivity index (χ0) is 20.3. The van der Waals surface area contributed by atoms with E-state index in [1.54, 1.807) is 31.3 Å². The van der Waals surface area contributed by atoms with Gasteiger partial charge in [0.2, 0.25) is 0 Å². The highest BCUT2D eigenvalue weighted by Gasteiger charge is 2.19. The van der Waals surface area contributed by atoms with Crippen molar-refractivity contribution in [3.63, 3.8) is 0 Å². The molecule has 0 spiro atoms. The normalized spacial score (nSPS) is 11.1. The lowest BCUT2D eigenvalue weighted by Gasteiger charge is -2.18. The molecule has 0 aromatic heterocycles. The van der Waals surface area contributed by atoms with E-state index in [1.165, 1.54) is 17.0 Å². The molecule has 0 saturated carbocycles. The lowest BCUT2D eigenvalue weighted by atomic mass is 10.1. The number of hydrogen-bond acceptors (Lipinski definition) is 3. The van der Waals surface area contributed by atoms with Crippen molar-refractivity contribution in [3.05, 3.63) is 89.5 Å². The number of aryl methyl sites for hydroxylation is 2. The number of para-hydroxylation sites is 1. The number of benzene rings is 3. The second kappa shape index (κ2) is 7.86. The maximum Gasteiger partial charge on any atom is 0.261 e. The lowest BCUT2D eigenvalue weighted by Crippen LogP contribution is -2.26. The summed E-state index contributed by atoms with van der Waals surface area (Å²) in [5.41, 5.74) is 3.46. The molecule has 0 bridgehead atoms. The first kappa shape index (κ1) is 19.6. The van der Waals surface area contributed by atoms with E-state index in [4.69, 9.17) is 0 Å². The molecule has 6 heteroatoms. The first-order valence-electron chi connectivity index (χ1n) is 8.80. The van der Waals surface area contributed by atoms with E-state index >= 15 is 0 Å². The van der Waals surface area contributed by atoms with Crippen LogP contribution in [-0.2, 0) is 10.0 Å². The van der Waals surface area contributed by atoms with Gasteiger partial charge in [0.05, 0.1) is 4.90 Å². The lowest BCUT2D eigenvalue weighted by molar-refractivity contribution is 0.0993. The quantitative estimate of drug-likeness (QED) is 0.698. The van der Waals surface area contributed by atoms with E-state index < -0.39 is 10.0 Å². The predicted octanol–water partition coefficient (Wildman–Crippen LogP) is 4.38. The van der Waals surface area contributed by atoms with Crippen LogP contribution in [0.25, 0.3) is 0 Å². The molecule has 0 radical (unpaired) electrons. The Hall–Kier alpha value is -3.12. The molecule has 3 aromatic rings. The fourth-order valence-corrected chi connectivity index (χ4v) is 4.09. The largest absolute Gasteiger partial charge is 0.311 e. The summed E-state index contributed by atoms with van der Waals surface area (Å²) in [7, 11) is -2.15. The summed E-state index contributed by atoms with van der Waals surface area (Å²) in [6.07, 6.45) is 0. The maximum atomic E-state index is 12.8. The fourth-order valence-electron chi connectivity index (χ4n) is 3.01. The Morgan fingerprint density at radius 3 is 2.14 bits per heavy atom. The highest BCUT2D eigenvalue weighted by molar-refractivity contribution is 7.92. The number of hydrogen-bond donors (Lipinski definition) is 1. The van der Waals surface area contributed by atoms with Gasteiger partial charge < -0.3 is 4.90 Å². The average Bonchev–Trinajstić information content (AvgIpc) is 2.66. The first-order chi connectivity index (χ1) is 13.3. The van der Waals surface area contributed by atoms with Crippen molar-refractivity contribution in [2.75, 3.05) is 16.7 Å². The number of anilines is 2. The van der Waals surface area contributed by atoms with Crippen LogP contribution in [0, 0.1) is 13.8 Å². The molecule has 0 atom stereocenters. The van der Waals surface area contributed by atoms with Crippen molar-refractivity contribution in [3.8, 4) is 0 Å². The highest BCUT2D eigenvalue weighted by atomic mass is 32.2. The van der Waals surface area contributed by atoms with Crippen molar-refractivity contribution in [1.29, 1.82) is 0 Å². The average molecular weight is 394 g/mol. The second-order valence-electron chi connectivity index (χ2n) is 6.71. The standard InChI is InChI=1S/C22H22N2O3S/c1-16-12-17(2)14-19(13-16)23-28(26,27)21-11-7-8-18(15-21)22(25)24(3)20-9-5-4-6-10-20/h4-15,23H,1-3H3. The molecular weight excluding hydrogens is 372 g/mol. The van der Waals surface area contributed by atoms with Crippen LogP contribution in [0.4, 0.5) is 11.4 Å². The van der Waals surface area contributed by atoms with Gasteiger partial charge in [0.1, 0.15) is 0 Å². The van der Waals surface area contributed by atoms with Crippen LogP contribution >= 0.6 is 0 Å². The van der Waals surface area contributed by atoms with Gasteiger partial charge in [-0.3, -0.25) is 9.52 Å². The number of rotatable bonds is 5. The third-order valence-corrected chi connectivity index (χ3v) is 5.69. The summed E-state index contributed by atoms with van der Waals surface area (Å²) in [6, 6.07) is 20.7. The Bertz CT molecular complexity index is 1090. The van der Waals surface area contributed by atoms with Crippen LogP contribution in [0.3, 0.4) is 0 Å². The van der Waals surface area contributed by atoms with Gasteiger partial charge in [-0.15, -0.1) is 0 Å². The summed E-state index contributed by atoms with van der Waals surface area (Å²) in [4.78, 5) is 14.3. The van der Waals surface area contributed by atoms with Gasteiger partial charge in [-0.2, -0.15) is 0 Å². The SMILES string of the molecule is Cc1cc(C)cc(NS(=O)(=O)c2cccc(C(=O)N(C)c3ccccc3)c2)c1. The predicted molar refractivity (Wildman–Crippen MR) is 112 cm³/mol. The van der Waals surface area contributed by atoms with Crippen LogP contribution in [0.15, 0.2) is 77.7 Å². The van der Waals surface area contributed by atoms with Crippen LogP contribution in [-0.4, -0.2) is 21.4 Å². The number of sulfonamides is 1. The van der Waals surface area contributed by atoms with E-state index in [1.807, 2.05) is 50.2 Å². The van der Waals surface area contributed by atoms with Crippen molar-refractivity contribution in [2.24, 2.45) is 0 Å². The molecule has 144 valence electrons. The summed E-state index contributed by atoms with van der Waals surface area (Å²) in [5, 5.41) is 0. The molecule has 1 N–H and O–H groups in total. The molecular formula is C22H22N2O3S. The van der Waals surface area contributed by atoms with Crippen molar-refractivity contribution in [2.45, 2.75) is 18.7 Å². The van der Waals surface area contributed by atoms with E-state index in [2.05, 4.69) is 4.72 Å². The van der Waals surface area contributed by atoms with E-state index in [0.717, 1.165) is 16.8 Å². The Labute approximate surface area is 165 Å². The van der Waals surface area contributed by atoms with Crippen LogP contribution in [0.1, 0.15) is 21.5 Å². The summed E-state index contributed by atoms with van der Waals surface area (Å²) in [6.45, 7) is 3.81. The summed E-state index contributed by atoms with van der Waals surface area (Å²) < 4.78 is 28.2. The third kappa shape index (κ3) is 4.40.